The second-order valence-corrected chi connectivity index (χ2v) is 5.02. The molecule has 0 saturated carbocycles. The van der Waals surface area contributed by atoms with Gasteiger partial charge in [-0.1, -0.05) is 13.0 Å². The summed E-state index contributed by atoms with van der Waals surface area (Å²) in [7, 11) is 1.70. The van der Waals surface area contributed by atoms with Gasteiger partial charge in [0, 0.05) is 25.3 Å². The van der Waals surface area contributed by atoms with Crippen LogP contribution < -0.4 is 0 Å². The molecule has 0 N–H and O–H groups in total. The first-order valence-corrected chi connectivity index (χ1v) is 7.07. The minimum absolute atomic E-state index is 0.295. The number of benzene rings is 1. The van der Waals surface area contributed by atoms with Crippen LogP contribution in [-0.4, -0.2) is 36.2 Å². The number of likely N-dealkylation sites (N-methyl/N-ethyl adjacent to an activating group) is 1. The van der Waals surface area contributed by atoms with Gasteiger partial charge < -0.3 is 9.15 Å². The Morgan fingerprint density at radius 3 is 2.90 bits per heavy atom. The van der Waals surface area contributed by atoms with E-state index in [4.69, 9.17) is 9.15 Å². The summed E-state index contributed by atoms with van der Waals surface area (Å²) in [5.74, 6) is 0.149. The molecule has 2 aromatic rings. The quantitative estimate of drug-likeness (QED) is 0.784. The summed E-state index contributed by atoms with van der Waals surface area (Å²) in [5, 5.41) is 0. The van der Waals surface area contributed by atoms with Gasteiger partial charge in [-0.15, -0.1) is 0 Å². The van der Waals surface area contributed by atoms with Crippen LogP contribution in [0.4, 0.5) is 4.39 Å². The van der Waals surface area contributed by atoms with Gasteiger partial charge in [-0.2, -0.15) is 0 Å². The van der Waals surface area contributed by atoms with Gasteiger partial charge in [0.25, 0.3) is 0 Å². The van der Waals surface area contributed by atoms with E-state index in [1.54, 1.807) is 25.5 Å². The van der Waals surface area contributed by atoms with Crippen molar-refractivity contribution in [3.63, 3.8) is 0 Å². The average Bonchev–Trinajstić information content (AvgIpc) is 2.93. The predicted octanol–water partition coefficient (Wildman–Crippen LogP) is 3.34. The highest BCUT2D eigenvalue weighted by Crippen LogP contribution is 2.20. The van der Waals surface area contributed by atoms with Gasteiger partial charge in [0.15, 0.2) is 0 Å². The van der Waals surface area contributed by atoms with Crippen LogP contribution in [0.1, 0.15) is 19.5 Å². The Morgan fingerprint density at radius 1 is 1.43 bits per heavy atom. The van der Waals surface area contributed by atoms with Gasteiger partial charge in [0.2, 0.25) is 5.89 Å². The van der Waals surface area contributed by atoms with E-state index in [-0.39, 0.29) is 5.82 Å². The Kier molecular flexibility index (Phi) is 5.47. The van der Waals surface area contributed by atoms with Crippen LogP contribution >= 0.6 is 0 Å². The van der Waals surface area contributed by atoms with Crippen molar-refractivity contribution in [2.75, 3.05) is 20.3 Å². The zero-order valence-electron chi connectivity index (χ0n) is 12.7. The summed E-state index contributed by atoms with van der Waals surface area (Å²) in [6.45, 7) is 6.45. The van der Waals surface area contributed by atoms with Crippen molar-refractivity contribution >= 4 is 0 Å². The molecule has 0 fully saturated rings. The maximum atomic E-state index is 13.2. The van der Waals surface area contributed by atoms with E-state index in [1.807, 2.05) is 0 Å². The van der Waals surface area contributed by atoms with Crippen LogP contribution in [0, 0.1) is 5.82 Å². The van der Waals surface area contributed by atoms with E-state index in [9.17, 15) is 4.39 Å². The van der Waals surface area contributed by atoms with Crippen molar-refractivity contribution in [2.45, 2.75) is 26.4 Å². The lowest BCUT2D eigenvalue weighted by molar-refractivity contribution is 0.0974. The second kappa shape index (κ2) is 7.33. The van der Waals surface area contributed by atoms with E-state index in [2.05, 4.69) is 23.7 Å². The number of ether oxygens (including phenoxy) is 1. The Balaban J connectivity index is 2.09. The topological polar surface area (TPSA) is 38.5 Å². The number of halogens is 1. The SMILES string of the molecule is CCN(Cc1coc(-c2cccc(F)c2)n1)[C@@H](C)COC. The molecule has 2 rings (SSSR count). The van der Waals surface area contributed by atoms with Gasteiger partial charge in [-0.05, 0) is 31.7 Å². The standard InChI is InChI=1S/C16H21FN2O2/c1-4-19(12(2)10-20-3)9-15-11-21-16(18-15)13-6-5-7-14(17)8-13/h5-8,11-12H,4,9-10H2,1-3H3/t12-/m0/s1. The molecule has 0 amide bonds. The van der Waals surface area contributed by atoms with E-state index in [0.29, 0.717) is 30.6 Å². The van der Waals surface area contributed by atoms with Gasteiger partial charge in [-0.3, -0.25) is 4.90 Å². The summed E-state index contributed by atoms with van der Waals surface area (Å²) in [4.78, 5) is 6.68. The molecule has 1 heterocycles. The molecule has 114 valence electrons. The first-order chi connectivity index (χ1) is 10.1. The van der Waals surface area contributed by atoms with Crippen LogP contribution in [0.5, 0.6) is 0 Å². The molecule has 1 atom stereocenters. The number of nitrogens with zero attached hydrogens (tertiary/aromatic N) is 2. The van der Waals surface area contributed by atoms with Crippen molar-refractivity contribution in [1.82, 2.24) is 9.88 Å². The zero-order valence-corrected chi connectivity index (χ0v) is 12.7. The largest absolute Gasteiger partial charge is 0.444 e. The predicted molar refractivity (Wildman–Crippen MR) is 79.3 cm³/mol. The number of hydrogen-bond donors (Lipinski definition) is 0. The molecule has 21 heavy (non-hydrogen) atoms. The summed E-state index contributed by atoms with van der Waals surface area (Å²) >= 11 is 0. The molecule has 0 spiro atoms. The molecule has 1 aromatic carbocycles. The van der Waals surface area contributed by atoms with Crippen LogP contribution in [0.25, 0.3) is 11.5 Å². The number of aromatic nitrogens is 1. The summed E-state index contributed by atoms with van der Waals surface area (Å²) in [6, 6.07) is 6.55. The van der Waals surface area contributed by atoms with Gasteiger partial charge in [-0.25, -0.2) is 9.37 Å². The highest BCUT2D eigenvalue weighted by Gasteiger charge is 2.15. The van der Waals surface area contributed by atoms with Gasteiger partial charge >= 0.3 is 0 Å². The summed E-state index contributed by atoms with van der Waals surface area (Å²) in [5.41, 5.74) is 1.48. The molecule has 0 saturated heterocycles. The Labute approximate surface area is 124 Å². The molecule has 5 heteroatoms. The fourth-order valence-corrected chi connectivity index (χ4v) is 2.27. The summed E-state index contributed by atoms with van der Waals surface area (Å²) < 4.78 is 23.9. The number of rotatable bonds is 7. The molecule has 1 aromatic heterocycles. The highest BCUT2D eigenvalue weighted by atomic mass is 19.1. The van der Waals surface area contributed by atoms with E-state index < -0.39 is 0 Å². The van der Waals surface area contributed by atoms with Gasteiger partial charge in [0.1, 0.15) is 12.1 Å². The van der Waals surface area contributed by atoms with Crippen LogP contribution in [0.3, 0.4) is 0 Å². The minimum atomic E-state index is -0.295. The number of hydrogen-bond acceptors (Lipinski definition) is 4. The first kappa shape index (κ1) is 15.7. The molecular weight excluding hydrogens is 271 g/mol. The van der Waals surface area contributed by atoms with Crippen molar-refractivity contribution in [3.8, 4) is 11.5 Å². The monoisotopic (exact) mass is 292 g/mol. The van der Waals surface area contributed by atoms with Crippen molar-refractivity contribution in [2.24, 2.45) is 0 Å². The normalized spacial score (nSPS) is 12.8. The second-order valence-electron chi connectivity index (χ2n) is 5.02. The molecule has 4 nitrogen and oxygen atoms in total. The smallest absolute Gasteiger partial charge is 0.226 e. The average molecular weight is 292 g/mol. The fourth-order valence-electron chi connectivity index (χ4n) is 2.27. The molecule has 0 aliphatic rings. The third kappa shape index (κ3) is 4.12. The van der Waals surface area contributed by atoms with E-state index >= 15 is 0 Å². The Bertz CT molecular complexity index is 571. The highest BCUT2D eigenvalue weighted by molar-refractivity contribution is 5.52. The van der Waals surface area contributed by atoms with Gasteiger partial charge in [0.05, 0.1) is 12.3 Å². The molecule has 0 radical (unpaired) electrons. The first-order valence-electron chi connectivity index (χ1n) is 7.07. The van der Waals surface area contributed by atoms with Crippen LogP contribution in [-0.2, 0) is 11.3 Å². The molecule has 0 aliphatic carbocycles. The molecule has 0 unspecified atom stereocenters. The number of oxazole rings is 1. The Morgan fingerprint density at radius 2 is 2.24 bits per heavy atom. The lowest BCUT2D eigenvalue weighted by Gasteiger charge is -2.26. The van der Waals surface area contributed by atoms with Crippen LogP contribution in [0.2, 0.25) is 0 Å². The fraction of sp³-hybridized carbons (Fsp3) is 0.438. The lowest BCUT2D eigenvalue weighted by Crippen LogP contribution is -2.35. The molecule has 0 bridgehead atoms. The lowest BCUT2D eigenvalue weighted by atomic mass is 10.2. The minimum Gasteiger partial charge on any atom is -0.444 e. The van der Waals surface area contributed by atoms with E-state index in [1.165, 1.54) is 12.1 Å². The van der Waals surface area contributed by atoms with Crippen molar-refractivity contribution < 1.29 is 13.5 Å². The van der Waals surface area contributed by atoms with Crippen molar-refractivity contribution in [1.29, 1.82) is 0 Å². The Hall–Kier alpha value is -1.72. The van der Waals surface area contributed by atoms with Crippen LogP contribution in [0.15, 0.2) is 34.9 Å². The molecular formula is C16H21FN2O2. The third-order valence-electron chi connectivity index (χ3n) is 3.43. The number of methoxy groups -OCH3 is 1. The third-order valence-corrected chi connectivity index (χ3v) is 3.43. The maximum absolute atomic E-state index is 13.2. The maximum Gasteiger partial charge on any atom is 0.226 e. The van der Waals surface area contributed by atoms with E-state index in [0.717, 1.165) is 12.2 Å². The summed E-state index contributed by atoms with van der Waals surface area (Å²) in [6.07, 6.45) is 1.63. The zero-order chi connectivity index (χ0) is 15.2. The van der Waals surface area contributed by atoms with Crippen molar-refractivity contribution in [3.05, 3.63) is 42.0 Å². The molecule has 0 aliphatic heterocycles.